The second kappa shape index (κ2) is 7.45. The van der Waals surface area contributed by atoms with E-state index < -0.39 is 11.4 Å². The number of nitrogens with zero attached hydrogens (tertiary/aromatic N) is 1. The molecule has 0 radical (unpaired) electrons. The first-order valence-corrected chi connectivity index (χ1v) is 10.0. The fourth-order valence-electron chi connectivity index (χ4n) is 4.85. The number of ether oxygens (including phenoxy) is 1. The van der Waals surface area contributed by atoms with Gasteiger partial charge >= 0.3 is 5.97 Å². The summed E-state index contributed by atoms with van der Waals surface area (Å²) in [6.45, 7) is 1.35. The number of hydrogen-bond acceptors (Lipinski definition) is 4. The monoisotopic (exact) mass is 386 g/mol. The lowest BCUT2D eigenvalue weighted by atomic mass is 9.81. The second-order valence-electron chi connectivity index (χ2n) is 8.14. The van der Waals surface area contributed by atoms with Crippen molar-refractivity contribution in [3.05, 3.63) is 23.8 Å². The van der Waals surface area contributed by atoms with Crippen LogP contribution in [0.4, 0.5) is 5.69 Å². The normalized spacial score (nSPS) is 25.8. The van der Waals surface area contributed by atoms with Gasteiger partial charge in [-0.2, -0.15) is 0 Å². The molecule has 150 valence electrons. The van der Waals surface area contributed by atoms with Crippen LogP contribution in [-0.4, -0.2) is 47.5 Å². The van der Waals surface area contributed by atoms with Crippen LogP contribution in [0.25, 0.3) is 0 Å². The minimum Gasteiger partial charge on any atom is -0.494 e. The molecule has 1 aromatic carbocycles. The summed E-state index contributed by atoms with van der Waals surface area (Å²) in [6.07, 6.45) is 4.67. The molecule has 2 amide bonds. The first kappa shape index (κ1) is 18.8. The van der Waals surface area contributed by atoms with Crippen LogP contribution in [0.2, 0.25) is 0 Å². The van der Waals surface area contributed by atoms with Crippen molar-refractivity contribution in [3.63, 3.8) is 0 Å². The Balaban J connectivity index is 1.24. The summed E-state index contributed by atoms with van der Waals surface area (Å²) in [5.41, 5.74) is 1.19. The van der Waals surface area contributed by atoms with Crippen LogP contribution in [0, 0.1) is 11.3 Å². The molecule has 1 saturated carbocycles. The van der Waals surface area contributed by atoms with Crippen LogP contribution in [0.1, 0.15) is 44.1 Å². The summed E-state index contributed by atoms with van der Waals surface area (Å²) in [6, 6.07) is 5.61. The highest BCUT2D eigenvalue weighted by molar-refractivity contribution is 5.94. The molecule has 7 heteroatoms. The van der Waals surface area contributed by atoms with Gasteiger partial charge in [-0.15, -0.1) is 0 Å². The van der Waals surface area contributed by atoms with Crippen molar-refractivity contribution in [3.8, 4) is 5.75 Å². The van der Waals surface area contributed by atoms with Gasteiger partial charge in [0.15, 0.2) is 0 Å². The number of rotatable bonds is 6. The van der Waals surface area contributed by atoms with Gasteiger partial charge in [-0.05, 0) is 55.4 Å². The molecule has 1 aliphatic carbocycles. The molecule has 0 aromatic heterocycles. The SMILES string of the molecule is O=C1CCc2cc(OCCCC(=O)N3C[C@@H]4CCC[C@@]4(C(=O)O)C3)ccc2N1. The van der Waals surface area contributed by atoms with Gasteiger partial charge in [-0.25, -0.2) is 0 Å². The van der Waals surface area contributed by atoms with Gasteiger partial charge < -0.3 is 20.1 Å². The number of fused-ring (bicyclic) bond motifs is 2. The van der Waals surface area contributed by atoms with Crippen molar-refractivity contribution < 1.29 is 24.2 Å². The fraction of sp³-hybridized carbons (Fsp3) is 0.571. The van der Waals surface area contributed by atoms with Gasteiger partial charge in [0.1, 0.15) is 5.75 Å². The molecule has 2 N–H and O–H groups in total. The number of anilines is 1. The number of nitrogens with one attached hydrogen (secondary N) is 1. The van der Waals surface area contributed by atoms with E-state index in [1.807, 2.05) is 18.2 Å². The number of hydrogen-bond donors (Lipinski definition) is 2. The Bertz CT molecular complexity index is 808. The molecule has 4 rings (SSSR count). The van der Waals surface area contributed by atoms with Crippen LogP contribution >= 0.6 is 0 Å². The average molecular weight is 386 g/mol. The summed E-state index contributed by atoms with van der Waals surface area (Å²) >= 11 is 0. The van der Waals surface area contributed by atoms with E-state index in [9.17, 15) is 19.5 Å². The van der Waals surface area contributed by atoms with Crippen molar-refractivity contribution in [2.24, 2.45) is 11.3 Å². The van der Waals surface area contributed by atoms with E-state index in [2.05, 4.69) is 5.32 Å². The average Bonchev–Trinajstić information content (AvgIpc) is 3.24. The molecule has 1 saturated heterocycles. The number of carbonyl (C=O) groups excluding carboxylic acids is 2. The molecule has 28 heavy (non-hydrogen) atoms. The Morgan fingerprint density at radius 3 is 2.96 bits per heavy atom. The lowest BCUT2D eigenvalue weighted by Gasteiger charge is -2.23. The predicted molar refractivity (Wildman–Crippen MR) is 102 cm³/mol. The molecule has 2 atom stereocenters. The molecule has 0 spiro atoms. The predicted octanol–water partition coefficient (Wildman–Crippen LogP) is 2.44. The van der Waals surface area contributed by atoms with Crippen LogP contribution in [0.3, 0.4) is 0 Å². The highest BCUT2D eigenvalue weighted by Crippen LogP contribution is 2.49. The Morgan fingerprint density at radius 1 is 1.32 bits per heavy atom. The Morgan fingerprint density at radius 2 is 2.18 bits per heavy atom. The fourth-order valence-corrected chi connectivity index (χ4v) is 4.85. The first-order valence-electron chi connectivity index (χ1n) is 10.0. The zero-order valence-electron chi connectivity index (χ0n) is 15.9. The maximum Gasteiger partial charge on any atom is 0.311 e. The smallest absolute Gasteiger partial charge is 0.311 e. The molecule has 1 aromatic rings. The maximum absolute atomic E-state index is 12.5. The quantitative estimate of drug-likeness (QED) is 0.732. The van der Waals surface area contributed by atoms with Crippen molar-refractivity contribution in [2.75, 3.05) is 25.0 Å². The second-order valence-corrected chi connectivity index (χ2v) is 8.14. The Labute approximate surface area is 164 Å². The Kier molecular flexibility index (Phi) is 5.00. The van der Waals surface area contributed by atoms with Gasteiger partial charge in [-0.1, -0.05) is 6.42 Å². The molecule has 7 nitrogen and oxygen atoms in total. The minimum atomic E-state index is -0.753. The minimum absolute atomic E-state index is 0.0202. The first-order chi connectivity index (χ1) is 13.5. The van der Waals surface area contributed by atoms with E-state index in [1.165, 1.54) is 0 Å². The topological polar surface area (TPSA) is 95.9 Å². The lowest BCUT2D eigenvalue weighted by Crippen LogP contribution is -2.37. The summed E-state index contributed by atoms with van der Waals surface area (Å²) in [7, 11) is 0. The largest absolute Gasteiger partial charge is 0.494 e. The van der Waals surface area contributed by atoms with Crippen molar-refractivity contribution in [2.45, 2.75) is 44.9 Å². The van der Waals surface area contributed by atoms with E-state index in [4.69, 9.17) is 4.74 Å². The van der Waals surface area contributed by atoms with Gasteiger partial charge in [0.05, 0.1) is 12.0 Å². The molecular weight excluding hydrogens is 360 g/mol. The van der Waals surface area contributed by atoms with E-state index in [1.54, 1.807) is 4.90 Å². The number of likely N-dealkylation sites (tertiary alicyclic amines) is 1. The van der Waals surface area contributed by atoms with Crippen LogP contribution in [0.15, 0.2) is 18.2 Å². The third-order valence-corrected chi connectivity index (χ3v) is 6.43. The van der Waals surface area contributed by atoms with Crippen molar-refractivity contribution in [1.29, 1.82) is 0 Å². The third-order valence-electron chi connectivity index (χ3n) is 6.43. The summed E-state index contributed by atoms with van der Waals surface area (Å²) in [5.74, 6) is 0.142. The lowest BCUT2D eigenvalue weighted by molar-refractivity contribution is -0.149. The molecule has 2 heterocycles. The van der Waals surface area contributed by atoms with Crippen LogP contribution < -0.4 is 10.1 Å². The summed E-state index contributed by atoms with van der Waals surface area (Å²) < 4.78 is 5.77. The molecule has 2 fully saturated rings. The number of benzene rings is 1. The van der Waals surface area contributed by atoms with Gasteiger partial charge in [0.25, 0.3) is 0 Å². The highest BCUT2D eigenvalue weighted by Gasteiger charge is 2.55. The van der Waals surface area contributed by atoms with E-state index >= 15 is 0 Å². The van der Waals surface area contributed by atoms with Gasteiger partial charge in [-0.3, -0.25) is 14.4 Å². The Hall–Kier alpha value is -2.57. The molecule has 0 bridgehead atoms. The van der Waals surface area contributed by atoms with Crippen LogP contribution in [0.5, 0.6) is 5.75 Å². The number of carboxylic acids is 1. The van der Waals surface area contributed by atoms with Crippen LogP contribution in [-0.2, 0) is 20.8 Å². The van der Waals surface area contributed by atoms with E-state index in [-0.39, 0.29) is 17.7 Å². The summed E-state index contributed by atoms with van der Waals surface area (Å²) in [5, 5.41) is 12.5. The number of amides is 2. The maximum atomic E-state index is 12.5. The number of aliphatic carboxylic acids is 1. The van der Waals surface area contributed by atoms with E-state index in [0.29, 0.717) is 51.8 Å². The zero-order chi connectivity index (χ0) is 19.7. The summed E-state index contributed by atoms with van der Waals surface area (Å²) in [4.78, 5) is 37.4. The molecule has 2 aliphatic heterocycles. The van der Waals surface area contributed by atoms with Gasteiger partial charge in [0.2, 0.25) is 11.8 Å². The molecular formula is C21H26N2O5. The number of carbonyl (C=O) groups is 3. The highest BCUT2D eigenvalue weighted by atomic mass is 16.5. The third kappa shape index (κ3) is 3.45. The number of carboxylic acid groups (broad SMARTS) is 1. The molecule has 0 unspecified atom stereocenters. The van der Waals surface area contributed by atoms with Crippen molar-refractivity contribution >= 4 is 23.5 Å². The number of aryl methyl sites for hydroxylation is 1. The molecule has 3 aliphatic rings. The van der Waals surface area contributed by atoms with Gasteiger partial charge in [0, 0.05) is 31.6 Å². The van der Waals surface area contributed by atoms with E-state index in [0.717, 1.165) is 29.8 Å². The van der Waals surface area contributed by atoms with Crippen molar-refractivity contribution in [1.82, 2.24) is 4.90 Å². The zero-order valence-corrected chi connectivity index (χ0v) is 15.9. The standard InChI is InChI=1S/C21H26N2O5/c24-18-8-5-14-11-16(6-7-17(14)22-18)28-10-2-4-19(25)23-12-15-3-1-9-21(15,13-23)20(26)27/h6-7,11,15H,1-5,8-10,12-13H2,(H,22,24)(H,26,27)/t15-,21+/m0/s1.